The first-order valence-electron chi connectivity index (χ1n) is 8.80. The minimum atomic E-state index is -0.804. The molecule has 1 aliphatic rings. The van der Waals surface area contributed by atoms with Crippen molar-refractivity contribution >= 4 is 0 Å². The Labute approximate surface area is 151 Å². The summed E-state index contributed by atoms with van der Waals surface area (Å²) in [6.45, 7) is 2.93. The molecule has 0 spiro atoms. The van der Waals surface area contributed by atoms with Crippen LogP contribution in [-0.4, -0.2) is 36.1 Å². The second kappa shape index (κ2) is 7.01. The predicted molar refractivity (Wildman–Crippen MR) is 94.6 cm³/mol. The van der Waals surface area contributed by atoms with Crippen molar-refractivity contribution in [3.8, 4) is 0 Å². The molecule has 6 nitrogen and oxygen atoms in total. The number of aryl methyl sites for hydroxylation is 2. The molecule has 1 aliphatic heterocycles. The fourth-order valence-corrected chi connectivity index (χ4v) is 3.49. The van der Waals surface area contributed by atoms with Gasteiger partial charge in [-0.1, -0.05) is 18.2 Å². The van der Waals surface area contributed by atoms with E-state index in [1.54, 1.807) is 30.1 Å². The van der Waals surface area contributed by atoms with Crippen LogP contribution in [0.5, 0.6) is 0 Å². The molecule has 1 atom stereocenters. The molecular formula is C19H22FN5O. The second-order valence-electron chi connectivity index (χ2n) is 6.72. The molecule has 2 aromatic heterocycles. The van der Waals surface area contributed by atoms with Gasteiger partial charge in [0.1, 0.15) is 11.9 Å². The van der Waals surface area contributed by atoms with Gasteiger partial charge in [-0.15, -0.1) is 0 Å². The zero-order valence-electron chi connectivity index (χ0n) is 14.7. The minimum Gasteiger partial charge on any atom is -0.380 e. The number of fused-ring (bicyclic) bond motifs is 1. The number of hydrogen-bond donors (Lipinski definition) is 1. The lowest BCUT2D eigenvalue weighted by Crippen LogP contribution is -2.23. The highest BCUT2D eigenvalue weighted by molar-refractivity contribution is 5.22. The Morgan fingerprint density at radius 3 is 2.85 bits per heavy atom. The van der Waals surface area contributed by atoms with Crippen molar-refractivity contribution in [1.82, 2.24) is 24.5 Å². The molecule has 1 N–H and O–H groups in total. The van der Waals surface area contributed by atoms with Crippen LogP contribution in [0.25, 0.3) is 0 Å². The molecule has 4 rings (SSSR count). The summed E-state index contributed by atoms with van der Waals surface area (Å²) in [5.41, 5.74) is 3.07. The van der Waals surface area contributed by atoms with Crippen molar-refractivity contribution in [1.29, 1.82) is 0 Å². The number of aliphatic hydroxyl groups is 1. The number of nitrogens with zero attached hydrogens (tertiary/aromatic N) is 5. The van der Waals surface area contributed by atoms with Gasteiger partial charge in [0, 0.05) is 45.0 Å². The lowest BCUT2D eigenvalue weighted by atomic mass is 10.1. The minimum absolute atomic E-state index is 0.169. The molecule has 0 radical (unpaired) electrons. The largest absolute Gasteiger partial charge is 0.380 e. The SMILES string of the molecule is Cn1nccc1[C@@H](O)c1cc2n(n1)CCCN(Cc1ccccc1F)C2. The van der Waals surface area contributed by atoms with Crippen LogP contribution >= 0.6 is 0 Å². The Balaban J connectivity index is 1.54. The van der Waals surface area contributed by atoms with Crippen LogP contribution in [-0.2, 0) is 26.7 Å². The summed E-state index contributed by atoms with van der Waals surface area (Å²) < 4.78 is 17.6. The van der Waals surface area contributed by atoms with Crippen LogP contribution < -0.4 is 0 Å². The third kappa shape index (κ3) is 3.27. The van der Waals surface area contributed by atoms with Gasteiger partial charge in [-0.2, -0.15) is 10.2 Å². The third-order valence-corrected chi connectivity index (χ3v) is 4.88. The van der Waals surface area contributed by atoms with Crippen molar-refractivity contribution in [3.05, 3.63) is 71.1 Å². The van der Waals surface area contributed by atoms with Crippen LogP contribution in [0.4, 0.5) is 4.39 Å². The van der Waals surface area contributed by atoms with Gasteiger partial charge >= 0.3 is 0 Å². The van der Waals surface area contributed by atoms with Gasteiger partial charge in [-0.25, -0.2) is 4.39 Å². The van der Waals surface area contributed by atoms with Gasteiger partial charge in [0.25, 0.3) is 0 Å². The average molecular weight is 355 g/mol. The van der Waals surface area contributed by atoms with E-state index in [9.17, 15) is 9.50 Å². The van der Waals surface area contributed by atoms with Gasteiger partial charge < -0.3 is 5.11 Å². The maximum atomic E-state index is 14.0. The Morgan fingerprint density at radius 1 is 1.23 bits per heavy atom. The summed E-state index contributed by atoms with van der Waals surface area (Å²) in [6.07, 6.45) is 1.79. The predicted octanol–water partition coefficient (Wildman–Crippen LogP) is 2.24. The summed E-state index contributed by atoms with van der Waals surface area (Å²) in [7, 11) is 1.80. The maximum absolute atomic E-state index is 14.0. The molecule has 0 amide bonds. The highest BCUT2D eigenvalue weighted by Crippen LogP contribution is 2.24. The number of halogens is 1. The molecule has 0 aliphatic carbocycles. The quantitative estimate of drug-likeness (QED) is 0.780. The van der Waals surface area contributed by atoms with Crippen molar-refractivity contribution in [2.24, 2.45) is 7.05 Å². The van der Waals surface area contributed by atoms with E-state index in [2.05, 4.69) is 15.1 Å². The Hall–Kier alpha value is -2.51. The van der Waals surface area contributed by atoms with Gasteiger partial charge in [0.2, 0.25) is 0 Å². The van der Waals surface area contributed by atoms with Crippen LogP contribution in [0, 0.1) is 5.82 Å². The summed E-state index contributed by atoms with van der Waals surface area (Å²) in [6, 6.07) is 10.6. The standard InChI is InChI=1S/C19H22FN5O/c1-23-18(7-8-21-23)19(26)17-11-15-13-24(9-4-10-25(15)22-17)12-14-5-2-3-6-16(14)20/h2-3,5-8,11,19,26H,4,9-10,12-13H2,1H3/t19-/m0/s1. The van der Waals surface area contributed by atoms with Crippen molar-refractivity contribution in [2.45, 2.75) is 32.2 Å². The molecule has 0 saturated carbocycles. The second-order valence-corrected chi connectivity index (χ2v) is 6.72. The Bertz CT molecular complexity index is 903. The van der Waals surface area contributed by atoms with E-state index >= 15 is 0 Å². The average Bonchev–Trinajstić information content (AvgIpc) is 3.18. The van der Waals surface area contributed by atoms with Gasteiger partial charge in [-0.05, 0) is 24.6 Å². The van der Waals surface area contributed by atoms with Crippen LogP contribution in [0.15, 0.2) is 42.6 Å². The van der Waals surface area contributed by atoms with Gasteiger partial charge in [-0.3, -0.25) is 14.3 Å². The molecule has 7 heteroatoms. The summed E-state index contributed by atoms with van der Waals surface area (Å²) >= 11 is 0. The first-order valence-corrected chi connectivity index (χ1v) is 8.80. The molecule has 0 fully saturated rings. The Morgan fingerprint density at radius 2 is 2.08 bits per heavy atom. The molecular weight excluding hydrogens is 333 g/mol. The van der Waals surface area contributed by atoms with Crippen molar-refractivity contribution < 1.29 is 9.50 Å². The molecule has 3 heterocycles. The monoisotopic (exact) mass is 355 g/mol. The van der Waals surface area contributed by atoms with E-state index in [1.165, 1.54) is 6.07 Å². The fraction of sp³-hybridized carbons (Fsp3) is 0.368. The first-order chi connectivity index (χ1) is 12.6. The van der Waals surface area contributed by atoms with Crippen LogP contribution in [0.1, 0.15) is 35.2 Å². The number of aliphatic hydroxyl groups excluding tert-OH is 1. The molecule has 0 saturated heterocycles. The molecule has 0 bridgehead atoms. The lowest BCUT2D eigenvalue weighted by Gasteiger charge is -2.19. The highest BCUT2D eigenvalue weighted by atomic mass is 19.1. The number of rotatable bonds is 4. The number of hydrogen-bond acceptors (Lipinski definition) is 4. The molecule has 3 aromatic rings. The fourth-order valence-electron chi connectivity index (χ4n) is 3.49. The topological polar surface area (TPSA) is 59.1 Å². The normalized spacial score (nSPS) is 16.3. The zero-order chi connectivity index (χ0) is 18.1. The van der Waals surface area contributed by atoms with E-state index < -0.39 is 6.10 Å². The van der Waals surface area contributed by atoms with E-state index in [0.29, 0.717) is 30.0 Å². The zero-order valence-corrected chi connectivity index (χ0v) is 14.7. The lowest BCUT2D eigenvalue weighted by molar-refractivity contribution is 0.203. The first kappa shape index (κ1) is 16.9. The molecule has 136 valence electrons. The Kier molecular flexibility index (Phi) is 4.57. The summed E-state index contributed by atoms with van der Waals surface area (Å²) in [5.74, 6) is -0.169. The van der Waals surface area contributed by atoms with Crippen LogP contribution in [0.3, 0.4) is 0 Å². The van der Waals surface area contributed by atoms with Crippen molar-refractivity contribution in [2.75, 3.05) is 6.54 Å². The maximum Gasteiger partial charge on any atom is 0.139 e. The van der Waals surface area contributed by atoms with Crippen molar-refractivity contribution in [3.63, 3.8) is 0 Å². The van der Waals surface area contributed by atoms with E-state index in [0.717, 1.165) is 25.2 Å². The molecule has 1 aromatic carbocycles. The molecule has 0 unspecified atom stereocenters. The van der Waals surface area contributed by atoms with Gasteiger partial charge in [0.15, 0.2) is 0 Å². The van der Waals surface area contributed by atoms with E-state index in [4.69, 9.17) is 0 Å². The van der Waals surface area contributed by atoms with E-state index in [1.807, 2.05) is 22.9 Å². The third-order valence-electron chi connectivity index (χ3n) is 4.88. The highest BCUT2D eigenvalue weighted by Gasteiger charge is 2.22. The van der Waals surface area contributed by atoms with Crippen LogP contribution in [0.2, 0.25) is 0 Å². The smallest absolute Gasteiger partial charge is 0.139 e. The number of aromatic nitrogens is 4. The summed E-state index contributed by atoms with van der Waals surface area (Å²) in [4.78, 5) is 2.22. The van der Waals surface area contributed by atoms with Gasteiger partial charge in [0.05, 0.1) is 17.1 Å². The summed E-state index contributed by atoms with van der Waals surface area (Å²) in [5, 5.41) is 19.3. The number of benzene rings is 1. The van der Waals surface area contributed by atoms with E-state index in [-0.39, 0.29) is 5.82 Å². The molecule has 26 heavy (non-hydrogen) atoms.